The predicted octanol–water partition coefficient (Wildman–Crippen LogP) is 1.58. The number of carbonyl (C=O) groups is 1. The first-order valence-electron chi connectivity index (χ1n) is 6.64. The normalized spacial score (nSPS) is 17.9. The number of amides is 1. The van der Waals surface area contributed by atoms with Gasteiger partial charge in [0.2, 0.25) is 5.91 Å². The van der Waals surface area contributed by atoms with E-state index >= 15 is 0 Å². The number of rotatable bonds is 5. The summed E-state index contributed by atoms with van der Waals surface area (Å²) in [5.74, 6) is 0.505. The molecule has 19 heavy (non-hydrogen) atoms. The van der Waals surface area contributed by atoms with Crippen molar-refractivity contribution in [1.82, 2.24) is 0 Å². The zero-order valence-corrected chi connectivity index (χ0v) is 11.8. The Labute approximate surface area is 114 Å². The van der Waals surface area contributed by atoms with E-state index in [1.807, 2.05) is 26.8 Å². The molecule has 4 nitrogen and oxygen atoms in total. The average Bonchev–Trinajstić information content (AvgIpc) is 3.18. The van der Waals surface area contributed by atoms with Crippen LogP contribution in [0, 0.1) is 26.7 Å². The largest absolute Gasteiger partial charge is 0.491 e. The van der Waals surface area contributed by atoms with Gasteiger partial charge in [0.1, 0.15) is 17.9 Å². The van der Waals surface area contributed by atoms with Crippen LogP contribution >= 0.6 is 0 Å². The van der Waals surface area contributed by atoms with Crippen LogP contribution in [0.15, 0.2) is 12.1 Å². The highest BCUT2D eigenvalue weighted by atomic mass is 16.5. The van der Waals surface area contributed by atoms with Crippen LogP contribution in [-0.2, 0) is 4.79 Å². The van der Waals surface area contributed by atoms with Gasteiger partial charge in [-0.3, -0.25) is 4.79 Å². The van der Waals surface area contributed by atoms with Crippen LogP contribution in [0.4, 0.5) is 0 Å². The van der Waals surface area contributed by atoms with Crippen LogP contribution < -0.4 is 16.2 Å². The molecule has 0 spiro atoms. The van der Waals surface area contributed by atoms with Gasteiger partial charge in [0.25, 0.3) is 0 Å². The van der Waals surface area contributed by atoms with Gasteiger partial charge in [0.05, 0.1) is 0 Å². The second kappa shape index (κ2) is 4.85. The first-order chi connectivity index (χ1) is 8.86. The van der Waals surface area contributed by atoms with Crippen LogP contribution in [0.2, 0.25) is 0 Å². The van der Waals surface area contributed by atoms with E-state index in [9.17, 15) is 4.79 Å². The smallest absolute Gasteiger partial charge is 0.241 e. The lowest BCUT2D eigenvalue weighted by Crippen LogP contribution is -2.58. The molecule has 104 valence electrons. The minimum absolute atomic E-state index is 0.151. The molecule has 0 saturated heterocycles. The van der Waals surface area contributed by atoms with Gasteiger partial charge in [-0.25, -0.2) is 0 Å². The Bertz CT molecular complexity index is 509. The van der Waals surface area contributed by atoms with Crippen LogP contribution in [0.3, 0.4) is 0 Å². The highest BCUT2D eigenvalue weighted by molar-refractivity contribution is 5.85. The molecule has 1 amide bonds. The maximum absolute atomic E-state index is 11.6. The number of ether oxygens (including phenoxy) is 1. The number of primary amides is 1. The molecule has 4 heteroatoms. The maximum atomic E-state index is 11.6. The standard InChI is InChI=1S/C15H22N2O2/c1-9-4-5-10(2)13(11(9)3)19-8-15(17,14(16)18)12-6-7-12/h4-5,12H,6-8,17H2,1-3H3,(H2,16,18). The lowest BCUT2D eigenvalue weighted by Gasteiger charge is -2.27. The molecule has 0 aliphatic heterocycles. The van der Waals surface area contributed by atoms with Crippen molar-refractivity contribution in [1.29, 1.82) is 0 Å². The van der Waals surface area contributed by atoms with Crippen molar-refractivity contribution in [3.63, 3.8) is 0 Å². The SMILES string of the molecule is Cc1ccc(C)c(OCC(N)(C(N)=O)C2CC2)c1C. The molecule has 0 aromatic heterocycles. The Balaban J connectivity index is 2.18. The van der Waals surface area contributed by atoms with Crippen molar-refractivity contribution < 1.29 is 9.53 Å². The Hall–Kier alpha value is -1.55. The van der Waals surface area contributed by atoms with Gasteiger partial charge >= 0.3 is 0 Å². The number of aryl methyl sites for hydroxylation is 2. The zero-order valence-electron chi connectivity index (χ0n) is 11.8. The molecule has 2 rings (SSSR count). The Kier molecular flexibility index (Phi) is 3.54. The van der Waals surface area contributed by atoms with E-state index in [0.29, 0.717) is 0 Å². The van der Waals surface area contributed by atoms with Gasteiger partial charge in [-0.15, -0.1) is 0 Å². The molecule has 1 aromatic carbocycles. The number of hydrogen-bond acceptors (Lipinski definition) is 3. The topological polar surface area (TPSA) is 78.3 Å². The molecule has 1 atom stereocenters. The second-order valence-electron chi connectivity index (χ2n) is 5.62. The van der Waals surface area contributed by atoms with Gasteiger partial charge in [-0.2, -0.15) is 0 Å². The van der Waals surface area contributed by atoms with Crippen LogP contribution in [0.25, 0.3) is 0 Å². The third-order valence-electron chi connectivity index (χ3n) is 4.09. The summed E-state index contributed by atoms with van der Waals surface area (Å²) >= 11 is 0. The first kappa shape index (κ1) is 13.9. The maximum Gasteiger partial charge on any atom is 0.241 e. The molecule has 1 aromatic rings. The second-order valence-corrected chi connectivity index (χ2v) is 5.62. The molecule has 4 N–H and O–H groups in total. The third kappa shape index (κ3) is 2.59. The van der Waals surface area contributed by atoms with Crippen LogP contribution in [0.5, 0.6) is 5.75 Å². The van der Waals surface area contributed by atoms with E-state index in [2.05, 4.69) is 6.07 Å². The molecule has 1 saturated carbocycles. The van der Waals surface area contributed by atoms with Gasteiger partial charge in [-0.05, 0) is 56.2 Å². The molecule has 1 aliphatic carbocycles. The van der Waals surface area contributed by atoms with E-state index < -0.39 is 11.4 Å². The van der Waals surface area contributed by atoms with Gasteiger partial charge in [-0.1, -0.05) is 12.1 Å². The summed E-state index contributed by atoms with van der Waals surface area (Å²) in [6.07, 6.45) is 1.91. The van der Waals surface area contributed by atoms with E-state index in [-0.39, 0.29) is 12.5 Å². The number of hydrogen-bond donors (Lipinski definition) is 2. The third-order valence-corrected chi connectivity index (χ3v) is 4.09. The highest BCUT2D eigenvalue weighted by Gasteiger charge is 2.47. The number of nitrogens with two attached hydrogens (primary N) is 2. The van der Waals surface area contributed by atoms with Crippen molar-refractivity contribution in [3.8, 4) is 5.75 Å². The fraction of sp³-hybridized carbons (Fsp3) is 0.533. The number of carbonyl (C=O) groups excluding carboxylic acids is 1. The molecule has 0 bridgehead atoms. The van der Waals surface area contributed by atoms with E-state index in [0.717, 1.165) is 35.3 Å². The highest BCUT2D eigenvalue weighted by Crippen LogP contribution is 2.39. The molecule has 1 fully saturated rings. The summed E-state index contributed by atoms with van der Waals surface area (Å²) in [5, 5.41) is 0. The summed E-state index contributed by atoms with van der Waals surface area (Å²) in [4.78, 5) is 11.6. The monoisotopic (exact) mass is 262 g/mol. The number of benzene rings is 1. The molecule has 0 radical (unpaired) electrons. The van der Waals surface area contributed by atoms with Gasteiger partial charge < -0.3 is 16.2 Å². The summed E-state index contributed by atoms with van der Waals surface area (Å²) in [5.41, 5.74) is 13.8. The Morgan fingerprint density at radius 2 is 1.89 bits per heavy atom. The fourth-order valence-corrected chi connectivity index (χ4v) is 2.33. The minimum Gasteiger partial charge on any atom is -0.491 e. The molecular weight excluding hydrogens is 240 g/mol. The molecule has 1 aliphatic rings. The fourth-order valence-electron chi connectivity index (χ4n) is 2.33. The first-order valence-corrected chi connectivity index (χ1v) is 6.64. The van der Waals surface area contributed by atoms with Gasteiger partial charge in [0.15, 0.2) is 0 Å². The summed E-state index contributed by atoms with van der Waals surface area (Å²) in [6.45, 7) is 6.18. The van der Waals surface area contributed by atoms with Crippen molar-refractivity contribution >= 4 is 5.91 Å². The Morgan fingerprint density at radius 1 is 1.32 bits per heavy atom. The van der Waals surface area contributed by atoms with Crippen LogP contribution in [0.1, 0.15) is 29.5 Å². The van der Waals surface area contributed by atoms with Crippen molar-refractivity contribution in [2.24, 2.45) is 17.4 Å². The molecular formula is C15H22N2O2. The molecule has 1 unspecified atom stereocenters. The summed E-state index contributed by atoms with van der Waals surface area (Å²) < 4.78 is 5.85. The van der Waals surface area contributed by atoms with E-state index in [1.165, 1.54) is 0 Å². The van der Waals surface area contributed by atoms with Crippen LogP contribution in [-0.4, -0.2) is 18.1 Å². The summed E-state index contributed by atoms with van der Waals surface area (Å²) in [6, 6.07) is 4.07. The van der Waals surface area contributed by atoms with E-state index in [1.54, 1.807) is 0 Å². The minimum atomic E-state index is -1.04. The molecule has 0 heterocycles. The lowest BCUT2D eigenvalue weighted by molar-refractivity contribution is -0.125. The van der Waals surface area contributed by atoms with Gasteiger partial charge in [0, 0.05) is 0 Å². The lowest BCUT2D eigenvalue weighted by atomic mass is 9.94. The van der Waals surface area contributed by atoms with Crippen molar-refractivity contribution in [2.45, 2.75) is 39.2 Å². The Morgan fingerprint density at radius 3 is 2.42 bits per heavy atom. The zero-order chi connectivity index (χ0) is 14.2. The van der Waals surface area contributed by atoms with Crippen molar-refractivity contribution in [3.05, 3.63) is 28.8 Å². The van der Waals surface area contributed by atoms with E-state index in [4.69, 9.17) is 16.2 Å². The average molecular weight is 262 g/mol. The predicted molar refractivity (Wildman–Crippen MR) is 75.0 cm³/mol. The quantitative estimate of drug-likeness (QED) is 0.845. The summed E-state index contributed by atoms with van der Waals surface area (Å²) in [7, 11) is 0. The van der Waals surface area contributed by atoms with Crippen molar-refractivity contribution in [2.75, 3.05) is 6.61 Å².